The predicted molar refractivity (Wildman–Crippen MR) is 106 cm³/mol. The van der Waals surface area contributed by atoms with Gasteiger partial charge in [0.25, 0.3) is 0 Å². The molecule has 0 radical (unpaired) electrons. The van der Waals surface area contributed by atoms with Crippen molar-refractivity contribution in [1.82, 2.24) is 15.5 Å². The molecule has 2 rings (SSSR count). The molecule has 0 aromatic heterocycles. The van der Waals surface area contributed by atoms with Gasteiger partial charge < -0.3 is 25.2 Å². The Morgan fingerprint density at radius 2 is 1.92 bits per heavy atom. The number of carbonyl (C=O) groups is 1. The fourth-order valence-corrected chi connectivity index (χ4v) is 2.91. The molecule has 0 spiro atoms. The number of nitrogens with one attached hydrogen (secondary N) is 2. The second-order valence-electron chi connectivity index (χ2n) is 6.59. The summed E-state index contributed by atoms with van der Waals surface area (Å²) in [6.45, 7) is 4.38. The third-order valence-corrected chi connectivity index (χ3v) is 4.50. The molecule has 2 N–H and O–H groups in total. The first-order chi connectivity index (χ1) is 12.5. The van der Waals surface area contributed by atoms with Crippen molar-refractivity contribution in [3.8, 4) is 0 Å². The highest BCUT2D eigenvalue weighted by atomic mass is 16.6. The van der Waals surface area contributed by atoms with Crippen LogP contribution in [0.25, 0.3) is 0 Å². The van der Waals surface area contributed by atoms with Gasteiger partial charge in [0.05, 0.1) is 6.61 Å². The average Bonchev–Trinajstić information content (AvgIpc) is 2.66. The van der Waals surface area contributed by atoms with Crippen molar-refractivity contribution in [2.24, 2.45) is 4.99 Å². The molecule has 1 aromatic carbocycles. The molecule has 1 aromatic rings. The molecule has 0 saturated carbocycles. The van der Waals surface area contributed by atoms with E-state index in [-0.39, 0.29) is 6.09 Å². The maximum absolute atomic E-state index is 11.8. The molecule has 26 heavy (non-hydrogen) atoms. The van der Waals surface area contributed by atoms with E-state index < -0.39 is 0 Å². The average molecular weight is 361 g/mol. The van der Waals surface area contributed by atoms with E-state index in [1.54, 1.807) is 11.9 Å². The summed E-state index contributed by atoms with van der Waals surface area (Å²) in [5.41, 5.74) is 2.39. The first-order valence-corrected chi connectivity index (χ1v) is 9.18. The second kappa shape index (κ2) is 9.89. The van der Waals surface area contributed by atoms with Crippen LogP contribution in [0.4, 0.5) is 10.5 Å². The van der Waals surface area contributed by atoms with E-state index in [0.717, 1.165) is 25.3 Å². The number of rotatable bonds is 5. The molecule has 0 atom stereocenters. The van der Waals surface area contributed by atoms with Gasteiger partial charge in [-0.15, -0.1) is 0 Å². The van der Waals surface area contributed by atoms with Gasteiger partial charge >= 0.3 is 6.09 Å². The lowest BCUT2D eigenvalue weighted by atomic mass is 10.1. The van der Waals surface area contributed by atoms with Crippen LogP contribution in [0.3, 0.4) is 0 Å². The van der Waals surface area contributed by atoms with Crippen molar-refractivity contribution in [3.63, 3.8) is 0 Å². The second-order valence-corrected chi connectivity index (χ2v) is 6.59. The number of piperidine rings is 1. The Labute approximate surface area is 156 Å². The Morgan fingerprint density at radius 3 is 2.46 bits per heavy atom. The molecule has 1 amide bonds. The molecule has 7 heteroatoms. The van der Waals surface area contributed by atoms with Gasteiger partial charge in [-0.2, -0.15) is 0 Å². The van der Waals surface area contributed by atoms with Crippen LogP contribution in [-0.2, 0) is 11.3 Å². The number of amides is 1. The molecule has 1 aliphatic rings. The maximum atomic E-state index is 11.8. The standard InChI is InChI=1S/C19H31N5O2/c1-5-26-19(25)24-12-10-16(11-13-24)22-18(20-2)21-14-15-6-8-17(9-7-15)23(3)4/h6-9,16H,5,10-14H2,1-4H3,(H2,20,21,22). The Kier molecular flexibility index (Phi) is 7.56. The lowest BCUT2D eigenvalue weighted by molar-refractivity contribution is 0.0963. The van der Waals surface area contributed by atoms with Crippen LogP contribution in [0.5, 0.6) is 0 Å². The Bertz CT molecular complexity index is 592. The van der Waals surface area contributed by atoms with Crippen molar-refractivity contribution in [2.75, 3.05) is 45.7 Å². The van der Waals surface area contributed by atoms with E-state index in [2.05, 4.69) is 44.8 Å². The van der Waals surface area contributed by atoms with Gasteiger partial charge in [0.1, 0.15) is 0 Å². The molecule has 0 bridgehead atoms. The zero-order valence-electron chi connectivity index (χ0n) is 16.3. The lowest BCUT2D eigenvalue weighted by Crippen LogP contribution is -2.49. The fraction of sp³-hybridized carbons (Fsp3) is 0.579. The van der Waals surface area contributed by atoms with Gasteiger partial charge in [0, 0.05) is 52.5 Å². The minimum atomic E-state index is -0.213. The third-order valence-electron chi connectivity index (χ3n) is 4.50. The van der Waals surface area contributed by atoms with Crippen LogP contribution in [0.2, 0.25) is 0 Å². The molecule has 0 unspecified atom stereocenters. The summed E-state index contributed by atoms with van der Waals surface area (Å²) in [5, 5.41) is 6.80. The zero-order valence-corrected chi connectivity index (χ0v) is 16.3. The largest absolute Gasteiger partial charge is 0.450 e. The van der Waals surface area contributed by atoms with Crippen molar-refractivity contribution in [1.29, 1.82) is 0 Å². The number of ether oxygens (including phenoxy) is 1. The monoisotopic (exact) mass is 361 g/mol. The van der Waals surface area contributed by atoms with Gasteiger partial charge in [-0.3, -0.25) is 4.99 Å². The summed E-state index contributed by atoms with van der Waals surface area (Å²) in [7, 11) is 5.84. The van der Waals surface area contributed by atoms with E-state index in [0.29, 0.717) is 25.7 Å². The molecule has 7 nitrogen and oxygen atoms in total. The van der Waals surface area contributed by atoms with Crippen LogP contribution in [0, 0.1) is 0 Å². The molecule has 1 saturated heterocycles. The van der Waals surface area contributed by atoms with Crippen molar-refractivity contribution in [2.45, 2.75) is 32.4 Å². The minimum Gasteiger partial charge on any atom is -0.450 e. The van der Waals surface area contributed by atoms with Gasteiger partial charge in [0.2, 0.25) is 0 Å². The summed E-state index contributed by atoms with van der Waals surface area (Å²) in [6, 6.07) is 8.76. The predicted octanol–water partition coefficient (Wildman–Crippen LogP) is 2.04. The first kappa shape index (κ1) is 19.9. The molecule has 1 heterocycles. The summed E-state index contributed by atoms with van der Waals surface area (Å²) >= 11 is 0. The van der Waals surface area contributed by atoms with Gasteiger partial charge in [-0.1, -0.05) is 12.1 Å². The van der Waals surface area contributed by atoms with Crippen molar-refractivity contribution < 1.29 is 9.53 Å². The summed E-state index contributed by atoms with van der Waals surface area (Å²) < 4.78 is 5.06. The Hall–Kier alpha value is -2.44. The minimum absolute atomic E-state index is 0.213. The molecular weight excluding hydrogens is 330 g/mol. The highest BCUT2D eigenvalue weighted by Gasteiger charge is 2.23. The lowest BCUT2D eigenvalue weighted by Gasteiger charge is -2.32. The topological polar surface area (TPSA) is 69.2 Å². The van der Waals surface area contributed by atoms with E-state index in [1.807, 2.05) is 21.0 Å². The number of likely N-dealkylation sites (tertiary alicyclic amines) is 1. The normalized spacial score (nSPS) is 15.5. The van der Waals surface area contributed by atoms with Gasteiger partial charge in [-0.05, 0) is 37.5 Å². The number of hydrogen-bond donors (Lipinski definition) is 2. The number of guanidine groups is 1. The van der Waals surface area contributed by atoms with Crippen molar-refractivity contribution >= 4 is 17.7 Å². The van der Waals surface area contributed by atoms with Crippen LogP contribution in [-0.4, -0.2) is 63.8 Å². The SMILES string of the molecule is CCOC(=O)N1CCC(NC(=NC)NCc2ccc(N(C)C)cc2)CC1. The Balaban J connectivity index is 1.77. The summed E-state index contributed by atoms with van der Waals surface area (Å²) in [4.78, 5) is 19.9. The van der Waals surface area contributed by atoms with E-state index in [9.17, 15) is 4.79 Å². The van der Waals surface area contributed by atoms with E-state index in [1.165, 1.54) is 11.3 Å². The zero-order chi connectivity index (χ0) is 18.9. The highest BCUT2D eigenvalue weighted by Crippen LogP contribution is 2.13. The Morgan fingerprint density at radius 1 is 1.27 bits per heavy atom. The molecular formula is C19H31N5O2. The first-order valence-electron chi connectivity index (χ1n) is 9.18. The summed E-state index contributed by atoms with van der Waals surface area (Å²) in [5.74, 6) is 0.788. The van der Waals surface area contributed by atoms with E-state index in [4.69, 9.17) is 4.74 Å². The van der Waals surface area contributed by atoms with Crippen LogP contribution >= 0.6 is 0 Å². The number of anilines is 1. The van der Waals surface area contributed by atoms with Crippen LogP contribution in [0.15, 0.2) is 29.3 Å². The fourth-order valence-electron chi connectivity index (χ4n) is 2.91. The van der Waals surface area contributed by atoms with Gasteiger partial charge in [-0.25, -0.2) is 4.79 Å². The van der Waals surface area contributed by atoms with E-state index >= 15 is 0 Å². The number of benzene rings is 1. The smallest absolute Gasteiger partial charge is 0.409 e. The highest BCUT2D eigenvalue weighted by molar-refractivity contribution is 5.80. The third kappa shape index (κ3) is 5.82. The molecule has 1 fully saturated rings. The maximum Gasteiger partial charge on any atom is 0.409 e. The van der Waals surface area contributed by atoms with Crippen LogP contribution in [0.1, 0.15) is 25.3 Å². The number of aliphatic imine (C=N–C) groups is 1. The van der Waals surface area contributed by atoms with Crippen molar-refractivity contribution in [3.05, 3.63) is 29.8 Å². The quantitative estimate of drug-likeness (QED) is 0.620. The molecule has 1 aliphatic heterocycles. The summed E-state index contributed by atoms with van der Waals surface area (Å²) in [6.07, 6.45) is 1.56. The molecule has 144 valence electrons. The molecule has 0 aliphatic carbocycles. The van der Waals surface area contributed by atoms with Gasteiger partial charge in [0.15, 0.2) is 5.96 Å². The number of hydrogen-bond acceptors (Lipinski definition) is 4. The van der Waals surface area contributed by atoms with Crippen LogP contribution < -0.4 is 15.5 Å². The number of carbonyl (C=O) groups excluding carboxylic acids is 1. The number of nitrogens with zero attached hydrogens (tertiary/aromatic N) is 3.